The number of Topliss-reactive ketones (excluding diaryl/α,β-unsaturated/α-hetero) is 1. The molecule has 1 aromatic heterocycles. The van der Waals surface area contributed by atoms with Gasteiger partial charge in [-0.25, -0.2) is 4.98 Å². The first kappa shape index (κ1) is 11.9. The lowest BCUT2D eigenvalue weighted by Gasteiger charge is -1.94. The van der Waals surface area contributed by atoms with Crippen LogP contribution in [-0.4, -0.2) is 17.3 Å². The highest BCUT2D eigenvalue weighted by atomic mass is 32.1. The molecule has 0 unspecified atom stereocenters. The van der Waals surface area contributed by atoms with Crippen LogP contribution < -0.4 is 5.73 Å². The zero-order chi connectivity index (χ0) is 11.1. The Kier molecular flexibility index (Phi) is 5.02. The number of nitrogens with zero attached hydrogens (tertiary/aromatic N) is 1. The number of hydrogen-bond acceptors (Lipinski definition) is 4. The monoisotopic (exact) mass is 222 g/mol. The molecule has 0 saturated heterocycles. The van der Waals surface area contributed by atoms with Crippen molar-refractivity contribution in [2.75, 3.05) is 6.54 Å². The van der Waals surface area contributed by atoms with Crippen molar-refractivity contribution in [3.8, 4) is 12.3 Å². The van der Waals surface area contributed by atoms with Crippen LogP contribution in [0.25, 0.3) is 0 Å². The maximum absolute atomic E-state index is 11.6. The third-order valence-corrected chi connectivity index (χ3v) is 2.83. The highest BCUT2D eigenvalue weighted by Gasteiger charge is 2.09. The van der Waals surface area contributed by atoms with Crippen molar-refractivity contribution in [2.45, 2.75) is 25.7 Å². The van der Waals surface area contributed by atoms with Gasteiger partial charge in [-0.1, -0.05) is 0 Å². The van der Waals surface area contributed by atoms with E-state index in [1.807, 2.05) is 0 Å². The summed E-state index contributed by atoms with van der Waals surface area (Å²) < 4.78 is 0. The molecule has 1 heterocycles. The van der Waals surface area contributed by atoms with Gasteiger partial charge < -0.3 is 5.73 Å². The molecule has 0 aliphatic carbocycles. The topological polar surface area (TPSA) is 56.0 Å². The van der Waals surface area contributed by atoms with Gasteiger partial charge in [-0.2, -0.15) is 0 Å². The fourth-order valence-electron chi connectivity index (χ4n) is 1.16. The van der Waals surface area contributed by atoms with Gasteiger partial charge in [-0.05, 0) is 13.0 Å². The first-order chi connectivity index (χ1) is 7.27. The molecule has 0 atom stereocenters. The van der Waals surface area contributed by atoms with Crippen molar-refractivity contribution in [3.05, 3.63) is 16.1 Å². The van der Waals surface area contributed by atoms with Crippen LogP contribution in [0.4, 0.5) is 0 Å². The minimum Gasteiger partial charge on any atom is -0.330 e. The Morgan fingerprint density at radius 2 is 2.47 bits per heavy atom. The second-order valence-corrected chi connectivity index (χ2v) is 4.09. The second-order valence-electron chi connectivity index (χ2n) is 3.15. The van der Waals surface area contributed by atoms with Crippen molar-refractivity contribution in [1.29, 1.82) is 0 Å². The summed E-state index contributed by atoms with van der Waals surface area (Å²) in [6, 6.07) is 0. The summed E-state index contributed by atoms with van der Waals surface area (Å²) in [4.78, 5) is 15.8. The summed E-state index contributed by atoms with van der Waals surface area (Å²) in [5.41, 5.74) is 5.96. The van der Waals surface area contributed by atoms with Gasteiger partial charge in [-0.15, -0.1) is 23.7 Å². The molecule has 80 valence electrons. The van der Waals surface area contributed by atoms with E-state index in [4.69, 9.17) is 12.2 Å². The van der Waals surface area contributed by atoms with Crippen LogP contribution in [0.2, 0.25) is 0 Å². The predicted octanol–water partition coefficient (Wildman–Crippen LogP) is 1.63. The van der Waals surface area contributed by atoms with E-state index in [1.165, 1.54) is 11.3 Å². The van der Waals surface area contributed by atoms with Crippen LogP contribution in [0.1, 0.15) is 34.8 Å². The number of terminal acetylenes is 1. The van der Waals surface area contributed by atoms with Gasteiger partial charge in [0.2, 0.25) is 0 Å². The van der Waals surface area contributed by atoms with Crippen molar-refractivity contribution in [3.63, 3.8) is 0 Å². The van der Waals surface area contributed by atoms with E-state index in [0.29, 0.717) is 25.1 Å². The molecule has 2 N–H and O–H groups in total. The van der Waals surface area contributed by atoms with E-state index in [9.17, 15) is 4.79 Å². The molecule has 0 spiro atoms. The maximum Gasteiger partial charge on any atom is 0.182 e. The summed E-state index contributed by atoms with van der Waals surface area (Å²) >= 11 is 1.49. The standard InChI is InChI=1S/C11H14N2OS/c1-2-3-4-5-10(14)9-8-15-11(13-9)6-7-12/h1,8H,3-7,12H2. The van der Waals surface area contributed by atoms with Gasteiger partial charge in [0.05, 0.1) is 5.01 Å². The number of unbranched alkanes of at least 4 members (excludes halogenated alkanes) is 1. The number of ketones is 1. The Morgan fingerprint density at radius 3 is 3.13 bits per heavy atom. The molecular formula is C11H14N2OS. The molecule has 3 nitrogen and oxygen atoms in total. The van der Waals surface area contributed by atoms with Crippen LogP contribution >= 0.6 is 11.3 Å². The zero-order valence-corrected chi connectivity index (χ0v) is 9.35. The molecule has 0 aliphatic rings. The number of nitrogens with two attached hydrogens (primary N) is 1. The lowest BCUT2D eigenvalue weighted by atomic mass is 10.1. The summed E-state index contributed by atoms with van der Waals surface area (Å²) in [6.45, 7) is 0.568. The average molecular weight is 222 g/mol. The lowest BCUT2D eigenvalue weighted by molar-refractivity contribution is 0.0976. The number of rotatable bonds is 6. The van der Waals surface area contributed by atoms with Crippen molar-refractivity contribution < 1.29 is 4.79 Å². The fourth-order valence-corrected chi connectivity index (χ4v) is 1.97. The van der Waals surface area contributed by atoms with E-state index >= 15 is 0 Å². The van der Waals surface area contributed by atoms with Crippen LogP contribution in [0.15, 0.2) is 5.38 Å². The van der Waals surface area contributed by atoms with Gasteiger partial charge in [-0.3, -0.25) is 4.79 Å². The number of carbonyl (C=O) groups is 1. The minimum absolute atomic E-state index is 0.0739. The number of aromatic nitrogens is 1. The molecular weight excluding hydrogens is 208 g/mol. The number of hydrogen-bond donors (Lipinski definition) is 1. The van der Waals surface area contributed by atoms with Crippen LogP contribution in [0, 0.1) is 12.3 Å². The smallest absolute Gasteiger partial charge is 0.182 e. The molecule has 0 saturated carbocycles. The van der Waals surface area contributed by atoms with Gasteiger partial charge in [0.25, 0.3) is 0 Å². The van der Waals surface area contributed by atoms with Gasteiger partial charge in [0, 0.05) is 24.6 Å². The molecule has 0 amide bonds. The first-order valence-corrected chi connectivity index (χ1v) is 5.77. The molecule has 4 heteroatoms. The van der Waals surface area contributed by atoms with Crippen LogP contribution in [0.5, 0.6) is 0 Å². The Labute approximate surface area is 93.7 Å². The highest BCUT2D eigenvalue weighted by Crippen LogP contribution is 2.12. The Bertz CT molecular complexity index is 365. The molecule has 0 aliphatic heterocycles. The molecule has 1 aromatic rings. The first-order valence-electron chi connectivity index (χ1n) is 4.89. The Balaban J connectivity index is 2.47. The summed E-state index contributed by atoms with van der Waals surface area (Å²) in [7, 11) is 0. The normalized spacial score (nSPS) is 9.87. The largest absolute Gasteiger partial charge is 0.330 e. The third-order valence-electron chi connectivity index (χ3n) is 1.92. The number of carbonyl (C=O) groups excluding carboxylic acids is 1. The predicted molar refractivity (Wildman–Crippen MR) is 61.9 cm³/mol. The van der Waals surface area contributed by atoms with Gasteiger partial charge in [0.15, 0.2) is 5.78 Å². The van der Waals surface area contributed by atoms with E-state index < -0.39 is 0 Å². The molecule has 0 radical (unpaired) electrons. The lowest BCUT2D eigenvalue weighted by Crippen LogP contribution is -2.04. The third kappa shape index (κ3) is 3.82. The summed E-state index contributed by atoms with van der Waals surface area (Å²) in [5.74, 6) is 2.59. The van der Waals surface area contributed by atoms with Gasteiger partial charge >= 0.3 is 0 Å². The summed E-state index contributed by atoms with van der Waals surface area (Å²) in [6.07, 6.45) is 7.71. The van der Waals surface area contributed by atoms with E-state index in [2.05, 4.69) is 10.9 Å². The van der Waals surface area contributed by atoms with E-state index in [0.717, 1.165) is 17.8 Å². The SMILES string of the molecule is C#CCCCC(=O)c1csc(CCN)n1. The minimum atomic E-state index is 0.0739. The molecule has 1 rings (SSSR count). The highest BCUT2D eigenvalue weighted by molar-refractivity contribution is 7.09. The second kappa shape index (κ2) is 6.33. The van der Waals surface area contributed by atoms with E-state index in [1.54, 1.807) is 5.38 Å². The molecule has 0 aromatic carbocycles. The number of thiazole rings is 1. The van der Waals surface area contributed by atoms with Gasteiger partial charge in [0.1, 0.15) is 5.69 Å². The fraction of sp³-hybridized carbons (Fsp3) is 0.455. The summed E-state index contributed by atoms with van der Waals surface area (Å²) in [5, 5.41) is 2.72. The van der Waals surface area contributed by atoms with Crippen molar-refractivity contribution >= 4 is 17.1 Å². The van der Waals surface area contributed by atoms with Crippen LogP contribution in [-0.2, 0) is 6.42 Å². The average Bonchev–Trinajstić information content (AvgIpc) is 2.67. The van der Waals surface area contributed by atoms with Crippen molar-refractivity contribution in [2.24, 2.45) is 5.73 Å². The zero-order valence-electron chi connectivity index (χ0n) is 8.53. The Hall–Kier alpha value is -1.18. The maximum atomic E-state index is 11.6. The quantitative estimate of drug-likeness (QED) is 0.452. The van der Waals surface area contributed by atoms with Crippen molar-refractivity contribution in [1.82, 2.24) is 4.98 Å². The van der Waals surface area contributed by atoms with Crippen LogP contribution in [0.3, 0.4) is 0 Å². The Morgan fingerprint density at radius 1 is 1.67 bits per heavy atom. The van der Waals surface area contributed by atoms with E-state index in [-0.39, 0.29) is 5.78 Å². The molecule has 15 heavy (non-hydrogen) atoms. The molecule has 0 bridgehead atoms. The molecule has 0 fully saturated rings.